The smallest absolute Gasteiger partial charge is 0.246 e. The number of halogens is 1. The molecular formula is C14H32ClNO3. The van der Waals surface area contributed by atoms with Gasteiger partial charge in [0.15, 0.2) is 0 Å². The second-order valence-corrected chi connectivity index (χ2v) is 5.08. The molecule has 0 amide bonds. The highest BCUT2D eigenvalue weighted by atomic mass is 35.5. The molecule has 0 radical (unpaired) electrons. The van der Waals surface area contributed by atoms with Gasteiger partial charge in [0.2, 0.25) is 5.91 Å². The van der Waals surface area contributed by atoms with Crippen molar-refractivity contribution in [1.29, 1.82) is 0 Å². The third kappa shape index (κ3) is 16.1. The van der Waals surface area contributed by atoms with Crippen molar-refractivity contribution in [2.45, 2.75) is 77.0 Å². The molecule has 19 heavy (non-hydrogen) atoms. The van der Waals surface area contributed by atoms with Crippen molar-refractivity contribution in [3.63, 3.8) is 0 Å². The second-order valence-electron chi connectivity index (χ2n) is 5.08. The van der Waals surface area contributed by atoms with Gasteiger partial charge in [0.1, 0.15) is 6.61 Å². The molecule has 0 bridgehead atoms. The Balaban J connectivity index is 0. The Labute approximate surface area is 124 Å². The van der Waals surface area contributed by atoms with Crippen molar-refractivity contribution in [1.82, 2.24) is 5.32 Å². The topological polar surface area (TPSA) is 72.7 Å². The van der Waals surface area contributed by atoms with Gasteiger partial charge in [0.05, 0.1) is 0 Å². The summed E-state index contributed by atoms with van der Waals surface area (Å²) >= 11 is 0. The average Bonchev–Trinajstić information content (AvgIpc) is 2.36. The summed E-state index contributed by atoms with van der Waals surface area (Å²) in [5.41, 5.74) is 0. The maximum Gasteiger partial charge on any atom is 0.246 e. The molecule has 0 aliphatic rings. The van der Waals surface area contributed by atoms with Crippen molar-refractivity contribution < 1.29 is 15.3 Å². The quantitative estimate of drug-likeness (QED) is 0.311. The van der Waals surface area contributed by atoms with Gasteiger partial charge < -0.3 is 15.3 Å². The van der Waals surface area contributed by atoms with Crippen LogP contribution in [0.25, 0.3) is 0 Å². The molecule has 0 fully saturated rings. The lowest BCUT2D eigenvalue weighted by Crippen LogP contribution is -2.48. The first kappa shape index (κ1) is 21.4. The van der Waals surface area contributed by atoms with E-state index in [2.05, 4.69) is 12.2 Å². The lowest BCUT2D eigenvalue weighted by molar-refractivity contribution is -0.208. The zero-order chi connectivity index (χ0) is 13.7. The zero-order valence-corrected chi connectivity index (χ0v) is 13.1. The zero-order valence-electron chi connectivity index (χ0n) is 12.2. The third-order valence-corrected chi connectivity index (χ3v) is 3.16. The Bertz CT molecular complexity index is 180. The second kappa shape index (κ2) is 14.5. The summed E-state index contributed by atoms with van der Waals surface area (Å²) in [7, 11) is 0. The van der Waals surface area contributed by atoms with Gasteiger partial charge in [-0.2, -0.15) is 0 Å². The minimum atomic E-state index is -2.11. The fourth-order valence-electron chi connectivity index (χ4n) is 1.96. The molecule has 0 atom stereocenters. The van der Waals surface area contributed by atoms with Crippen molar-refractivity contribution in [2.75, 3.05) is 13.2 Å². The Morgan fingerprint density at radius 3 is 1.63 bits per heavy atom. The van der Waals surface area contributed by atoms with E-state index in [9.17, 15) is 0 Å². The fourth-order valence-corrected chi connectivity index (χ4v) is 1.96. The summed E-state index contributed by atoms with van der Waals surface area (Å²) in [6, 6.07) is 0. The molecule has 0 saturated carbocycles. The molecule has 0 aliphatic carbocycles. The van der Waals surface area contributed by atoms with Crippen LogP contribution in [0.15, 0.2) is 0 Å². The van der Waals surface area contributed by atoms with Crippen LogP contribution in [0.3, 0.4) is 0 Å². The molecule has 0 aromatic heterocycles. The summed E-state index contributed by atoms with van der Waals surface area (Å²) in [5, 5.41) is 29.2. The van der Waals surface area contributed by atoms with Crippen molar-refractivity contribution in [3.8, 4) is 0 Å². The van der Waals surface area contributed by atoms with E-state index in [0.717, 1.165) is 12.8 Å². The fraction of sp³-hybridized carbons (Fsp3) is 1.00. The predicted octanol–water partition coefficient (Wildman–Crippen LogP) is 2.55. The van der Waals surface area contributed by atoms with E-state index in [0.29, 0.717) is 6.54 Å². The first-order chi connectivity index (χ1) is 8.62. The molecule has 0 unspecified atom stereocenters. The maximum absolute atomic E-state index is 9.06. The Kier molecular flexibility index (Phi) is 16.4. The SMILES string of the molecule is CCCCCCCCCCCCNC(O)(O)CO.Cl. The third-order valence-electron chi connectivity index (χ3n) is 3.16. The van der Waals surface area contributed by atoms with Crippen LogP contribution < -0.4 is 5.32 Å². The van der Waals surface area contributed by atoms with Crippen LogP contribution in [-0.4, -0.2) is 34.4 Å². The average molecular weight is 298 g/mol. The number of aliphatic hydroxyl groups is 3. The molecule has 0 aromatic rings. The molecule has 0 heterocycles. The van der Waals surface area contributed by atoms with E-state index in [1.807, 2.05) is 0 Å². The van der Waals surface area contributed by atoms with E-state index in [1.165, 1.54) is 51.4 Å². The lowest BCUT2D eigenvalue weighted by Gasteiger charge is -2.19. The number of aliphatic hydroxyl groups excluding tert-OH is 1. The highest BCUT2D eigenvalue weighted by Gasteiger charge is 2.19. The van der Waals surface area contributed by atoms with E-state index >= 15 is 0 Å². The highest BCUT2D eigenvalue weighted by molar-refractivity contribution is 5.85. The van der Waals surface area contributed by atoms with E-state index < -0.39 is 12.5 Å². The summed E-state index contributed by atoms with van der Waals surface area (Å²) in [6.45, 7) is 2.09. The molecule has 5 heteroatoms. The summed E-state index contributed by atoms with van der Waals surface area (Å²) in [4.78, 5) is 0. The molecule has 0 aliphatic heterocycles. The molecule has 0 saturated heterocycles. The first-order valence-corrected chi connectivity index (χ1v) is 7.43. The van der Waals surface area contributed by atoms with Gasteiger partial charge in [-0.05, 0) is 6.42 Å². The minimum Gasteiger partial charge on any atom is -0.389 e. The number of nitrogens with one attached hydrogen (secondary N) is 1. The summed E-state index contributed by atoms with van der Waals surface area (Å²) < 4.78 is 0. The van der Waals surface area contributed by atoms with E-state index in [1.54, 1.807) is 0 Å². The molecule has 118 valence electrons. The van der Waals surface area contributed by atoms with Gasteiger partial charge in [-0.25, -0.2) is 0 Å². The Morgan fingerprint density at radius 1 is 0.789 bits per heavy atom. The van der Waals surface area contributed by atoms with Crippen LogP contribution in [0, 0.1) is 0 Å². The standard InChI is InChI=1S/C14H31NO3.ClH/c1-2-3-4-5-6-7-8-9-10-11-12-15-14(17,18)13-16;/h15-18H,2-13H2,1H3;1H. The minimum absolute atomic E-state index is 0. The highest BCUT2D eigenvalue weighted by Crippen LogP contribution is 2.10. The predicted molar refractivity (Wildman–Crippen MR) is 81.3 cm³/mol. The lowest BCUT2D eigenvalue weighted by atomic mass is 10.1. The summed E-state index contributed by atoms with van der Waals surface area (Å²) in [6.07, 6.45) is 12.6. The van der Waals surface area contributed by atoms with Crippen molar-refractivity contribution >= 4 is 12.4 Å². The summed E-state index contributed by atoms with van der Waals surface area (Å²) in [5.74, 6) is -2.11. The van der Waals surface area contributed by atoms with Crippen LogP contribution in [0.2, 0.25) is 0 Å². The molecule has 4 nitrogen and oxygen atoms in total. The normalized spacial score (nSPS) is 11.4. The van der Waals surface area contributed by atoms with Crippen molar-refractivity contribution in [2.24, 2.45) is 0 Å². The Morgan fingerprint density at radius 2 is 1.21 bits per heavy atom. The number of rotatable bonds is 13. The van der Waals surface area contributed by atoms with Crippen LogP contribution in [0.1, 0.15) is 71.1 Å². The number of unbranched alkanes of at least 4 members (excludes halogenated alkanes) is 9. The van der Waals surface area contributed by atoms with Crippen molar-refractivity contribution in [3.05, 3.63) is 0 Å². The van der Waals surface area contributed by atoms with Gasteiger partial charge in [0.25, 0.3) is 0 Å². The van der Waals surface area contributed by atoms with Gasteiger partial charge in [-0.3, -0.25) is 5.32 Å². The van der Waals surface area contributed by atoms with Crippen LogP contribution in [0.5, 0.6) is 0 Å². The van der Waals surface area contributed by atoms with Gasteiger partial charge in [0, 0.05) is 6.54 Å². The van der Waals surface area contributed by atoms with Gasteiger partial charge in [-0.15, -0.1) is 12.4 Å². The van der Waals surface area contributed by atoms with Crippen LogP contribution in [0.4, 0.5) is 0 Å². The molecule has 0 rings (SSSR count). The van der Waals surface area contributed by atoms with E-state index in [-0.39, 0.29) is 12.4 Å². The molecule has 4 N–H and O–H groups in total. The van der Waals surface area contributed by atoms with Gasteiger partial charge in [-0.1, -0.05) is 64.7 Å². The molecule has 0 aromatic carbocycles. The first-order valence-electron chi connectivity index (χ1n) is 7.43. The van der Waals surface area contributed by atoms with E-state index in [4.69, 9.17) is 15.3 Å². The van der Waals surface area contributed by atoms with Crippen LogP contribution >= 0.6 is 12.4 Å². The Hall–Kier alpha value is 0.130. The molecular weight excluding hydrogens is 266 g/mol. The van der Waals surface area contributed by atoms with Crippen LogP contribution in [-0.2, 0) is 0 Å². The maximum atomic E-state index is 9.06. The molecule has 0 spiro atoms. The van der Waals surface area contributed by atoms with Gasteiger partial charge >= 0.3 is 0 Å². The largest absolute Gasteiger partial charge is 0.389 e. The monoisotopic (exact) mass is 297 g/mol. The number of hydrogen-bond acceptors (Lipinski definition) is 4. The number of hydrogen-bond donors (Lipinski definition) is 4.